The highest BCUT2D eigenvalue weighted by molar-refractivity contribution is 7.99. The summed E-state index contributed by atoms with van der Waals surface area (Å²) in [4.78, 5) is 24.8. The van der Waals surface area contributed by atoms with E-state index in [0.717, 1.165) is 19.4 Å². The molecule has 3 rings (SSSR count). The van der Waals surface area contributed by atoms with Gasteiger partial charge in [0.1, 0.15) is 5.82 Å². The number of amides is 2. The third kappa shape index (κ3) is 6.45. The molecule has 0 saturated carbocycles. The molecule has 2 amide bonds. The van der Waals surface area contributed by atoms with E-state index in [1.165, 1.54) is 17.8 Å². The van der Waals surface area contributed by atoms with Crippen molar-refractivity contribution in [3.63, 3.8) is 0 Å². The lowest BCUT2D eigenvalue weighted by atomic mass is 10.1. The van der Waals surface area contributed by atoms with Gasteiger partial charge in [0.25, 0.3) is 5.91 Å². The van der Waals surface area contributed by atoms with Gasteiger partial charge >= 0.3 is 0 Å². The molecule has 0 radical (unpaired) electrons. The Bertz CT molecular complexity index is 875. The Morgan fingerprint density at radius 1 is 1.24 bits per heavy atom. The van der Waals surface area contributed by atoms with Gasteiger partial charge in [-0.3, -0.25) is 9.59 Å². The maximum absolute atomic E-state index is 13.8. The molecule has 8 heteroatoms. The van der Waals surface area contributed by atoms with Crippen molar-refractivity contribution in [2.45, 2.75) is 24.7 Å². The summed E-state index contributed by atoms with van der Waals surface area (Å²) in [5.41, 5.74) is 1.33. The van der Waals surface area contributed by atoms with E-state index in [1.54, 1.807) is 36.4 Å². The van der Waals surface area contributed by atoms with Crippen molar-refractivity contribution in [2.24, 2.45) is 0 Å². The predicted octanol–water partition coefficient (Wildman–Crippen LogP) is 4.26. The Hall–Kier alpha value is -2.09. The topological polar surface area (TPSA) is 67.4 Å². The molecule has 1 heterocycles. The van der Waals surface area contributed by atoms with E-state index in [4.69, 9.17) is 16.3 Å². The molecular formula is C21H22ClFN2O3S. The number of para-hydroxylation sites is 1. The fraction of sp³-hybridized carbons (Fsp3) is 0.333. The maximum atomic E-state index is 13.8. The van der Waals surface area contributed by atoms with Gasteiger partial charge in [-0.15, -0.1) is 11.8 Å². The van der Waals surface area contributed by atoms with Gasteiger partial charge in [0, 0.05) is 23.9 Å². The highest BCUT2D eigenvalue weighted by atomic mass is 35.5. The average Bonchev–Trinajstić information content (AvgIpc) is 3.22. The number of rotatable bonds is 8. The molecule has 2 N–H and O–H groups in total. The first-order valence-corrected chi connectivity index (χ1v) is 10.9. The van der Waals surface area contributed by atoms with E-state index in [2.05, 4.69) is 10.6 Å². The fourth-order valence-corrected chi connectivity index (χ4v) is 3.95. The van der Waals surface area contributed by atoms with Crippen LogP contribution in [-0.2, 0) is 15.3 Å². The minimum absolute atomic E-state index is 0.0466. The van der Waals surface area contributed by atoms with Gasteiger partial charge in [0.15, 0.2) is 0 Å². The van der Waals surface area contributed by atoms with E-state index in [1.807, 2.05) is 0 Å². The first-order valence-electron chi connectivity index (χ1n) is 9.33. The minimum atomic E-state index is -0.390. The van der Waals surface area contributed by atoms with Crippen molar-refractivity contribution < 1.29 is 18.7 Å². The van der Waals surface area contributed by atoms with Crippen LogP contribution in [0.1, 0.15) is 28.8 Å². The van der Waals surface area contributed by atoms with Gasteiger partial charge in [-0.05, 0) is 42.7 Å². The van der Waals surface area contributed by atoms with Crippen LogP contribution < -0.4 is 10.6 Å². The summed E-state index contributed by atoms with van der Waals surface area (Å²) in [5.74, 6) is -0.428. The smallest absolute Gasteiger partial charge is 0.253 e. The Morgan fingerprint density at radius 3 is 2.83 bits per heavy atom. The van der Waals surface area contributed by atoms with Gasteiger partial charge in [-0.2, -0.15) is 0 Å². The molecule has 29 heavy (non-hydrogen) atoms. The SMILES string of the molecule is O=C(CSCc1ccc(Cl)cc1F)Nc1ccccc1C(=O)NC[C@@H]1CCCO1. The fourth-order valence-electron chi connectivity index (χ4n) is 2.98. The molecule has 154 valence electrons. The van der Waals surface area contributed by atoms with Crippen molar-refractivity contribution in [3.05, 3.63) is 64.4 Å². The van der Waals surface area contributed by atoms with Crippen LogP contribution in [0.15, 0.2) is 42.5 Å². The van der Waals surface area contributed by atoms with Crippen molar-refractivity contribution in [3.8, 4) is 0 Å². The lowest BCUT2D eigenvalue weighted by Gasteiger charge is -2.14. The van der Waals surface area contributed by atoms with Crippen LogP contribution in [0.5, 0.6) is 0 Å². The summed E-state index contributed by atoms with van der Waals surface area (Å²) < 4.78 is 19.3. The first-order chi connectivity index (χ1) is 14.0. The summed E-state index contributed by atoms with van der Waals surface area (Å²) in [6.45, 7) is 1.17. The molecule has 1 atom stereocenters. The second-order valence-corrected chi connectivity index (χ2v) is 8.09. The molecule has 1 fully saturated rings. The summed E-state index contributed by atoms with van der Waals surface area (Å²) in [6, 6.07) is 11.3. The summed E-state index contributed by atoms with van der Waals surface area (Å²) in [6.07, 6.45) is 1.99. The Morgan fingerprint density at radius 2 is 2.07 bits per heavy atom. The maximum Gasteiger partial charge on any atom is 0.253 e. The van der Waals surface area contributed by atoms with Crippen LogP contribution in [0, 0.1) is 5.82 Å². The van der Waals surface area contributed by atoms with Crippen LogP contribution in [0.2, 0.25) is 5.02 Å². The molecule has 0 spiro atoms. The van der Waals surface area contributed by atoms with E-state index in [0.29, 0.717) is 34.1 Å². The number of thioether (sulfide) groups is 1. The molecule has 1 saturated heterocycles. The third-order valence-corrected chi connectivity index (χ3v) is 5.68. The Labute approximate surface area is 178 Å². The first kappa shape index (κ1) is 21.6. The Balaban J connectivity index is 1.51. The second-order valence-electron chi connectivity index (χ2n) is 6.67. The number of ether oxygens (including phenoxy) is 1. The molecule has 0 unspecified atom stereocenters. The van der Waals surface area contributed by atoms with Gasteiger partial charge in [0.05, 0.1) is 23.1 Å². The minimum Gasteiger partial charge on any atom is -0.376 e. The van der Waals surface area contributed by atoms with Crippen LogP contribution in [-0.4, -0.2) is 36.8 Å². The number of hydrogen-bond donors (Lipinski definition) is 2. The van der Waals surface area contributed by atoms with Crippen molar-refractivity contribution in [1.29, 1.82) is 0 Å². The van der Waals surface area contributed by atoms with Crippen molar-refractivity contribution >= 4 is 40.9 Å². The number of anilines is 1. The molecule has 1 aliphatic rings. The molecule has 2 aromatic carbocycles. The Kier molecular flexibility index (Phi) is 7.91. The zero-order valence-corrected chi connectivity index (χ0v) is 17.3. The number of carbonyl (C=O) groups excluding carboxylic acids is 2. The van der Waals surface area contributed by atoms with E-state index in [9.17, 15) is 14.0 Å². The van der Waals surface area contributed by atoms with Crippen LogP contribution >= 0.6 is 23.4 Å². The number of benzene rings is 2. The van der Waals surface area contributed by atoms with Gasteiger partial charge in [-0.1, -0.05) is 29.8 Å². The quantitative estimate of drug-likeness (QED) is 0.648. The monoisotopic (exact) mass is 436 g/mol. The molecular weight excluding hydrogens is 415 g/mol. The zero-order chi connectivity index (χ0) is 20.6. The van der Waals surface area contributed by atoms with Crippen LogP contribution in [0.4, 0.5) is 10.1 Å². The zero-order valence-electron chi connectivity index (χ0n) is 15.8. The molecule has 0 aromatic heterocycles. The average molecular weight is 437 g/mol. The number of carbonyl (C=O) groups is 2. The summed E-state index contributed by atoms with van der Waals surface area (Å²) >= 11 is 7.02. The largest absolute Gasteiger partial charge is 0.376 e. The lowest BCUT2D eigenvalue weighted by molar-refractivity contribution is -0.113. The second kappa shape index (κ2) is 10.6. The normalized spacial score (nSPS) is 15.9. The summed E-state index contributed by atoms with van der Waals surface area (Å²) in [7, 11) is 0. The van der Waals surface area contributed by atoms with Gasteiger partial charge < -0.3 is 15.4 Å². The molecule has 2 aromatic rings. The molecule has 5 nitrogen and oxygen atoms in total. The standard InChI is InChI=1S/C21H22ClFN2O3S/c22-15-8-7-14(18(23)10-15)12-29-13-20(26)25-19-6-2-1-5-17(19)21(27)24-11-16-4-3-9-28-16/h1-2,5-8,10,16H,3-4,9,11-13H2,(H,24,27)(H,25,26)/t16-/m0/s1. The van der Waals surface area contributed by atoms with E-state index >= 15 is 0 Å². The number of nitrogens with one attached hydrogen (secondary N) is 2. The third-order valence-electron chi connectivity index (χ3n) is 4.47. The predicted molar refractivity (Wildman–Crippen MR) is 114 cm³/mol. The van der Waals surface area contributed by atoms with Crippen LogP contribution in [0.3, 0.4) is 0 Å². The molecule has 0 aliphatic carbocycles. The molecule has 1 aliphatic heterocycles. The van der Waals surface area contributed by atoms with Crippen molar-refractivity contribution in [2.75, 3.05) is 24.2 Å². The molecule has 0 bridgehead atoms. The van der Waals surface area contributed by atoms with Crippen LogP contribution in [0.25, 0.3) is 0 Å². The number of halogens is 2. The van der Waals surface area contributed by atoms with E-state index in [-0.39, 0.29) is 23.7 Å². The highest BCUT2D eigenvalue weighted by Gasteiger charge is 2.18. The summed E-state index contributed by atoms with van der Waals surface area (Å²) in [5, 5.41) is 5.96. The van der Waals surface area contributed by atoms with E-state index < -0.39 is 5.82 Å². The van der Waals surface area contributed by atoms with Crippen molar-refractivity contribution in [1.82, 2.24) is 5.32 Å². The highest BCUT2D eigenvalue weighted by Crippen LogP contribution is 2.20. The van der Waals surface area contributed by atoms with Gasteiger partial charge in [0.2, 0.25) is 5.91 Å². The lowest BCUT2D eigenvalue weighted by Crippen LogP contribution is -2.32. The van der Waals surface area contributed by atoms with Gasteiger partial charge in [-0.25, -0.2) is 4.39 Å². The number of hydrogen-bond acceptors (Lipinski definition) is 4.